The van der Waals surface area contributed by atoms with Gasteiger partial charge in [-0.2, -0.15) is 11.3 Å². The second-order valence-electron chi connectivity index (χ2n) is 6.96. The Morgan fingerprint density at radius 3 is 2.65 bits per heavy atom. The molecular formula is C21H22N2OS2. The molecule has 1 fully saturated rings. The smallest absolute Gasteiger partial charge is 0.226 e. The SMILES string of the molecule is O=C(Cc1csc(-c2ccsc2)n1)NCC1(c2ccccc2)CCCC1. The van der Waals surface area contributed by atoms with Crippen molar-refractivity contribution < 1.29 is 4.79 Å². The molecule has 0 unspecified atom stereocenters. The molecule has 134 valence electrons. The maximum Gasteiger partial charge on any atom is 0.226 e. The molecule has 1 aliphatic rings. The largest absolute Gasteiger partial charge is 0.355 e. The maximum absolute atomic E-state index is 12.5. The van der Waals surface area contributed by atoms with Crippen LogP contribution in [0, 0.1) is 0 Å². The molecule has 1 aliphatic carbocycles. The van der Waals surface area contributed by atoms with Crippen LogP contribution in [0.1, 0.15) is 36.9 Å². The van der Waals surface area contributed by atoms with Crippen LogP contribution in [0.2, 0.25) is 0 Å². The lowest BCUT2D eigenvalue weighted by molar-refractivity contribution is -0.120. The molecule has 0 aliphatic heterocycles. The molecule has 0 spiro atoms. The third-order valence-electron chi connectivity index (χ3n) is 5.23. The fourth-order valence-corrected chi connectivity index (χ4v) is 5.34. The highest BCUT2D eigenvalue weighted by Gasteiger charge is 2.35. The molecule has 3 nitrogen and oxygen atoms in total. The van der Waals surface area contributed by atoms with Gasteiger partial charge in [0.1, 0.15) is 5.01 Å². The molecule has 0 bridgehead atoms. The number of hydrogen-bond acceptors (Lipinski definition) is 4. The van der Waals surface area contributed by atoms with Gasteiger partial charge in [-0.1, -0.05) is 43.2 Å². The van der Waals surface area contributed by atoms with Crippen LogP contribution < -0.4 is 5.32 Å². The molecule has 26 heavy (non-hydrogen) atoms. The van der Waals surface area contributed by atoms with Crippen molar-refractivity contribution in [2.75, 3.05) is 6.54 Å². The summed E-state index contributed by atoms with van der Waals surface area (Å²) in [5, 5.41) is 10.3. The van der Waals surface area contributed by atoms with Gasteiger partial charge in [0.2, 0.25) is 5.91 Å². The Bertz CT molecular complexity index is 849. The number of amides is 1. The summed E-state index contributed by atoms with van der Waals surface area (Å²) in [7, 11) is 0. The monoisotopic (exact) mass is 382 g/mol. The fraction of sp³-hybridized carbons (Fsp3) is 0.333. The van der Waals surface area contributed by atoms with Crippen LogP contribution in [0.3, 0.4) is 0 Å². The first-order valence-corrected chi connectivity index (χ1v) is 10.9. The molecule has 1 amide bonds. The Morgan fingerprint density at radius 1 is 1.12 bits per heavy atom. The minimum absolute atomic E-state index is 0.0642. The van der Waals surface area contributed by atoms with Crippen LogP contribution in [0.4, 0.5) is 0 Å². The van der Waals surface area contributed by atoms with E-state index in [0.717, 1.165) is 35.7 Å². The summed E-state index contributed by atoms with van der Waals surface area (Å²) in [4.78, 5) is 17.1. The third-order valence-corrected chi connectivity index (χ3v) is 6.86. The van der Waals surface area contributed by atoms with Gasteiger partial charge in [0.05, 0.1) is 12.1 Å². The predicted octanol–water partition coefficient (Wildman–Crippen LogP) is 5.04. The quantitative estimate of drug-likeness (QED) is 0.649. The van der Waals surface area contributed by atoms with E-state index in [1.54, 1.807) is 22.7 Å². The zero-order valence-corrected chi connectivity index (χ0v) is 16.2. The molecule has 0 radical (unpaired) electrons. The van der Waals surface area contributed by atoms with Gasteiger partial charge in [-0.25, -0.2) is 4.98 Å². The number of hydrogen-bond donors (Lipinski definition) is 1. The summed E-state index contributed by atoms with van der Waals surface area (Å²) in [6.45, 7) is 0.720. The highest BCUT2D eigenvalue weighted by atomic mass is 32.1. The molecule has 3 aromatic rings. The first-order chi connectivity index (χ1) is 12.8. The van der Waals surface area contributed by atoms with Gasteiger partial charge in [0.25, 0.3) is 0 Å². The number of thiophene rings is 1. The average molecular weight is 383 g/mol. The van der Waals surface area contributed by atoms with E-state index in [0.29, 0.717) is 6.42 Å². The van der Waals surface area contributed by atoms with Gasteiger partial charge in [0, 0.05) is 28.3 Å². The summed E-state index contributed by atoms with van der Waals surface area (Å²) >= 11 is 3.27. The molecule has 0 atom stereocenters. The van der Waals surface area contributed by atoms with E-state index in [-0.39, 0.29) is 11.3 Å². The molecule has 1 N–H and O–H groups in total. The molecule has 4 rings (SSSR count). The van der Waals surface area contributed by atoms with E-state index < -0.39 is 0 Å². The number of thiazole rings is 1. The van der Waals surface area contributed by atoms with Crippen molar-refractivity contribution in [3.63, 3.8) is 0 Å². The molecule has 1 saturated carbocycles. The van der Waals surface area contributed by atoms with Crippen molar-refractivity contribution in [3.8, 4) is 10.6 Å². The normalized spacial score (nSPS) is 15.8. The molecular weight excluding hydrogens is 360 g/mol. The van der Waals surface area contributed by atoms with Crippen LogP contribution in [0.5, 0.6) is 0 Å². The van der Waals surface area contributed by atoms with Gasteiger partial charge in [-0.3, -0.25) is 4.79 Å². The van der Waals surface area contributed by atoms with E-state index in [1.807, 2.05) is 10.8 Å². The number of benzene rings is 1. The van der Waals surface area contributed by atoms with Gasteiger partial charge >= 0.3 is 0 Å². The van der Waals surface area contributed by atoms with Crippen LogP contribution in [-0.4, -0.2) is 17.4 Å². The standard InChI is InChI=1S/C21H22N2OS2/c24-19(12-18-14-26-20(23-18)16-8-11-25-13-16)22-15-21(9-4-5-10-21)17-6-2-1-3-7-17/h1-3,6-8,11,13-14H,4-5,9-10,12,15H2,(H,22,24). The van der Waals surface area contributed by atoms with E-state index in [4.69, 9.17) is 0 Å². The van der Waals surface area contributed by atoms with Crippen molar-refractivity contribution in [1.82, 2.24) is 10.3 Å². The van der Waals surface area contributed by atoms with Crippen LogP contribution in [0.15, 0.2) is 52.5 Å². The summed E-state index contributed by atoms with van der Waals surface area (Å²) in [5.74, 6) is 0.0642. The van der Waals surface area contributed by atoms with Crippen LogP contribution >= 0.6 is 22.7 Å². The van der Waals surface area contributed by atoms with E-state index in [1.165, 1.54) is 18.4 Å². The summed E-state index contributed by atoms with van der Waals surface area (Å²) in [6.07, 6.45) is 5.12. The molecule has 2 heterocycles. The Kier molecular flexibility index (Phi) is 5.18. The first-order valence-electron chi connectivity index (χ1n) is 9.04. The Balaban J connectivity index is 1.39. The van der Waals surface area contributed by atoms with E-state index in [2.05, 4.69) is 52.1 Å². The van der Waals surface area contributed by atoms with Gasteiger partial charge in [-0.15, -0.1) is 11.3 Å². The Labute approximate surface area is 162 Å². The number of nitrogens with zero attached hydrogens (tertiary/aromatic N) is 1. The maximum atomic E-state index is 12.5. The summed E-state index contributed by atoms with van der Waals surface area (Å²) in [5.41, 5.74) is 3.45. The third kappa shape index (κ3) is 3.74. The van der Waals surface area contributed by atoms with Crippen LogP contribution in [-0.2, 0) is 16.6 Å². The second kappa shape index (κ2) is 7.72. The first kappa shape index (κ1) is 17.4. The Morgan fingerprint density at radius 2 is 1.92 bits per heavy atom. The lowest BCUT2D eigenvalue weighted by Gasteiger charge is -2.30. The summed E-state index contributed by atoms with van der Waals surface area (Å²) < 4.78 is 0. The van der Waals surface area contributed by atoms with E-state index >= 15 is 0 Å². The zero-order chi connectivity index (χ0) is 17.8. The lowest BCUT2D eigenvalue weighted by Crippen LogP contribution is -2.39. The molecule has 0 saturated heterocycles. The number of aromatic nitrogens is 1. The highest BCUT2D eigenvalue weighted by Crippen LogP contribution is 2.40. The highest BCUT2D eigenvalue weighted by molar-refractivity contribution is 7.14. The Hall–Kier alpha value is -1.98. The average Bonchev–Trinajstić information content (AvgIpc) is 3.42. The van der Waals surface area contributed by atoms with Crippen molar-refractivity contribution in [1.29, 1.82) is 0 Å². The van der Waals surface area contributed by atoms with Gasteiger partial charge < -0.3 is 5.32 Å². The number of nitrogens with one attached hydrogen (secondary N) is 1. The second-order valence-corrected chi connectivity index (χ2v) is 8.60. The van der Waals surface area contributed by atoms with Crippen molar-refractivity contribution in [2.45, 2.75) is 37.5 Å². The molecule has 1 aromatic carbocycles. The predicted molar refractivity (Wildman–Crippen MR) is 109 cm³/mol. The van der Waals surface area contributed by atoms with Crippen molar-refractivity contribution in [3.05, 3.63) is 63.8 Å². The number of carbonyl (C=O) groups excluding carboxylic acids is 1. The van der Waals surface area contributed by atoms with Crippen molar-refractivity contribution in [2.24, 2.45) is 0 Å². The molecule has 2 aromatic heterocycles. The zero-order valence-electron chi connectivity index (χ0n) is 14.6. The van der Waals surface area contributed by atoms with Crippen molar-refractivity contribution >= 4 is 28.6 Å². The minimum Gasteiger partial charge on any atom is -0.355 e. The minimum atomic E-state index is 0.0642. The van der Waals surface area contributed by atoms with Gasteiger partial charge in [-0.05, 0) is 29.9 Å². The lowest BCUT2D eigenvalue weighted by atomic mass is 9.79. The van der Waals surface area contributed by atoms with E-state index in [9.17, 15) is 4.79 Å². The van der Waals surface area contributed by atoms with Crippen LogP contribution in [0.25, 0.3) is 10.6 Å². The summed E-state index contributed by atoms with van der Waals surface area (Å²) in [6, 6.07) is 12.7. The number of rotatable bonds is 6. The fourth-order valence-electron chi connectivity index (χ4n) is 3.81. The molecule has 5 heteroatoms. The topological polar surface area (TPSA) is 42.0 Å². The van der Waals surface area contributed by atoms with Gasteiger partial charge in [0.15, 0.2) is 0 Å². The number of carbonyl (C=O) groups is 1.